The first-order chi connectivity index (χ1) is 23.8. The maximum absolute atomic E-state index is 5.77. The average molecular weight is 632 g/mol. The van der Waals surface area contributed by atoms with E-state index in [0.29, 0.717) is 0 Å². The normalized spacial score (nSPS) is 16.8. The first-order valence-electron chi connectivity index (χ1n) is 16.7. The molecule has 0 spiro atoms. The van der Waals surface area contributed by atoms with Gasteiger partial charge in [-0.1, -0.05) is 103 Å². The van der Waals surface area contributed by atoms with Crippen LogP contribution in [0.3, 0.4) is 0 Å². The molecule has 0 atom stereocenters. The highest BCUT2D eigenvalue weighted by atomic mass is 32.1. The summed E-state index contributed by atoms with van der Waals surface area (Å²) >= 11 is 1.88. The molecule has 0 saturated carbocycles. The number of fused-ring (bicyclic) bond motifs is 13. The van der Waals surface area contributed by atoms with E-state index in [0.717, 1.165) is 29.9 Å². The van der Waals surface area contributed by atoms with Crippen molar-refractivity contribution in [2.45, 2.75) is 19.8 Å². The Morgan fingerprint density at radius 1 is 0.562 bits per heavy atom. The number of aliphatic imine (C=N–C) groups is 1. The zero-order valence-electron chi connectivity index (χ0n) is 26.4. The number of hydrogen-bond acceptors (Lipinski definition) is 2. The summed E-state index contributed by atoms with van der Waals surface area (Å²) in [6, 6.07) is 48.8. The van der Waals surface area contributed by atoms with Crippen molar-refractivity contribution in [3.05, 3.63) is 155 Å². The molecule has 0 radical (unpaired) electrons. The molecule has 6 aromatic carbocycles. The Morgan fingerprint density at radius 3 is 1.98 bits per heavy atom. The monoisotopic (exact) mass is 631 g/mol. The Morgan fingerprint density at radius 2 is 1.19 bits per heavy atom. The molecule has 5 heterocycles. The Bertz CT molecular complexity index is 3000. The molecular formula is C44H29N3S. The van der Waals surface area contributed by atoms with Gasteiger partial charge in [0.2, 0.25) is 0 Å². The number of para-hydroxylation sites is 3. The minimum absolute atomic E-state index is 0.944. The lowest BCUT2D eigenvalue weighted by atomic mass is 9.96. The van der Waals surface area contributed by atoms with Gasteiger partial charge in [0.05, 0.1) is 38.2 Å². The van der Waals surface area contributed by atoms with E-state index in [1.165, 1.54) is 86.0 Å². The quantitative estimate of drug-likeness (QED) is 0.181. The van der Waals surface area contributed by atoms with Gasteiger partial charge in [-0.15, -0.1) is 11.3 Å². The minimum Gasteiger partial charge on any atom is -0.308 e. The van der Waals surface area contributed by atoms with Crippen molar-refractivity contribution in [1.82, 2.24) is 8.97 Å². The van der Waals surface area contributed by atoms with Gasteiger partial charge in [-0.2, -0.15) is 0 Å². The Kier molecular flexibility index (Phi) is 5.31. The van der Waals surface area contributed by atoms with Gasteiger partial charge in [0, 0.05) is 42.6 Å². The molecule has 3 nitrogen and oxygen atoms in total. The molecule has 4 aromatic heterocycles. The maximum Gasteiger partial charge on any atom is 0.137 e. The van der Waals surface area contributed by atoms with Crippen LogP contribution in [0.25, 0.3) is 75.8 Å². The zero-order chi connectivity index (χ0) is 31.5. The molecule has 1 aliphatic rings. The standard InChI is InChI=1S/C44H29N3S/c1-26-23-24-30-29-16-8-12-22-38(29)48-43(30)41(27-13-3-2-4-14-27)45-44(26)47-36-21-11-6-17-31(36)39-37(47)25-33-28-15-5-9-19-34(28)46-35-20-10-7-18-32(35)40(39)42(33)46/h2-22,25H,23-24H2,1H3/b44-26-,45-41-. The molecule has 48 heavy (non-hydrogen) atoms. The molecule has 10 aromatic rings. The summed E-state index contributed by atoms with van der Waals surface area (Å²) in [5.74, 6) is 1.03. The second-order valence-corrected chi connectivity index (χ2v) is 14.2. The van der Waals surface area contributed by atoms with Crippen LogP contribution >= 0.6 is 11.3 Å². The predicted molar refractivity (Wildman–Crippen MR) is 205 cm³/mol. The summed E-state index contributed by atoms with van der Waals surface area (Å²) < 4.78 is 6.28. The van der Waals surface area contributed by atoms with Crippen molar-refractivity contribution in [1.29, 1.82) is 0 Å². The van der Waals surface area contributed by atoms with Crippen LogP contribution in [0, 0.1) is 0 Å². The van der Waals surface area contributed by atoms with Crippen LogP contribution in [0.15, 0.2) is 144 Å². The summed E-state index contributed by atoms with van der Waals surface area (Å²) in [5.41, 5.74) is 11.1. The molecule has 0 saturated heterocycles. The minimum atomic E-state index is 0.944. The van der Waals surface area contributed by atoms with Crippen LogP contribution in [0.1, 0.15) is 29.3 Å². The zero-order valence-corrected chi connectivity index (χ0v) is 27.2. The second-order valence-electron chi connectivity index (χ2n) is 13.1. The smallest absolute Gasteiger partial charge is 0.137 e. The predicted octanol–water partition coefficient (Wildman–Crippen LogP) is 11.8. The molecular weight excluding hydrogens is 603 g/mol. The Labute approximate surface area is 280 Å². The van der Waals surface area contributed by atoms with E-state index in [9.17, 15) is 0 Å². The molecule has 0 N–H and O–H groups in total. The van der Waals surface area contributed by atoms with Crippen molar-refractivity contribution < 1.29 is 0 Å². The molecule has 226 valence electrons. The first kappa shape index (κ1) is 26.4. The van der Waals surface area contributed by atoms with E-state index >= 15 is 0 Å². The summed E-state index contributed by atoms with van der Waals surface area (Å²) in [5, 5.41) is 9.11. The number of hydrogen-bond donors (Lipinski definition) is 0. The molecule has 0 aliphatic carbocycles. The molecule has 11 rings (SSSR count). The van der Waals surface area contributed by atoms with Gasteiger partial charge < -0.3 is 4.40 Å². The molecule has 0 fully saturated rings. The SMILES string of the molecule is C/C1=C(n2c3ccccc3c3c4c5ccccc5n5c6ccccc6c(cc32)c45)\N=C(\c2ccccc2)c2sc3ccccc3c2CC1. The number of benzene rings is 6. The van der Waals surface area contributed by atoms with Crippen molar-refractivity contribution in [3.63, 3.8) is 0 Å². The number of nitrogens with zero attached hydrogens (tertiary/aromatic N) is 3. The molecule has 0 amide bonds. The number of rotatable bonds is 2. The number of thiophene rings is 1. The van der Waals surface area contributed by atoms with Crippen LogP contribution in [-0.2, 0) is 6.42 Å². The molecule has 4 heteroatoms. The molecule has 0 unspecified atom stereocenters. The van der Waals surface area contributed by atoms with Crippen LogP contribution in [-0.4, -0.2) is 14.7 Å². The lowest BCUT2D eigenvalue weighted by Crippen LogP contribution is -2.10. The van der Waals surface area contributed by atoms with E-state index in [1.54, 1.807) is 0 Å². The second kappa shape index (κ2) is 9.66. The van der Waals surface area contributed by atoms with E-state index < -0.39 is 0 Å². The van der Waals surface area contributed by atoms with Crippen molar-refractivity contribution in [2.75, 3.05) is 0 Å². The molecule has 0 bridgehead atoms. The fourth-order valence-electron chi connectivity index (χ4n) is 8.44. The Hall–Kier alpha value is -5.71. The van der Waals surface area contributed by atoms with Gasteiger partial charge in [0.1, 0.15) is 5.82 Å². The number of aryl methyl sites for hydroxylation is 1. The van der Waals surface area contributed by atoms with E-state index in [-0.39, 0.29) is 0 Å². The van der Waals surface area contributed by atoms with Crippen LogP contribution in [0.5, 0.6) is 0 Å². The maximum atomic E-state index is 5.77. The van der Waals surface area contributed by atoms with Crippen molar-refractivity contribution in [3.8, 4) is 0 Å². The van der Waals surface area contributed by atoms with Crippen molar-refractivity contribution >= 4 is 92.9 Å². The summed E-state index contributed by atoms with van der Waals surface area (Å²) in [6.45, 7) is 2.29. The van der Waals surface area contributed by atoms with Crippen LogP contribution in [0.4, 0.5) is 0 Å². The topological polar surface area (TPSA) is 21.7 Å². The van der Waals surface area contributed by atoms with Gasteiger partial charge in [0.15, 0.2) is 0 Å². The van der Waals surface area contributed by atoms with Crippen LogP contribution < -0.4 is 0 Å². The largest absolute Gasteiger partial charge is 0.308 e. The number of allylic oxidation sites excluding steroid dienone is 1. The van der Waals surface area contributed by atoms with Gasteiger partial charge in [-0.3, -0.25) is 4.57 Å². The average Bonchev–Trinajstić information content (AvgIpc) is 3.86. The summed E-state index contributed by atoms with van der Waals surface area (Å²) in [6.07, 6.45) is 1.92. The van der Waals surface area contributed by atoms with E-state index in [2.05, 4.69) is 149 Å². The lowest BCUT2D eigenvalue weighted by Gasteiger charge is -2.19. The number of aromatic nitrogens is 2. The third kappa shape index (κ3) is 3.40. The van der Waals surface area contributed by atoms with Crippen molar-refractivity contribution in [2.24, 2.45) is 4.99 Å². The lowest BCUT2D eigenvalue weighted by molar-refractivity contribution is 0.928. The van der Waals surface area contributed by atoms with Crippen LogP contribution in [0.2, 0.25) is 0 Å². The van der Waals surface area contributed by atoms with Gasteiger partial charge in [-0.05, 0) is 66.6 Å². The molecule has 1 aliphatic heterocycles. The highest BCUT2D eigenvalue weighted by Gasteiger charge is 2.27. The highest BCUT2D eigenvalue weighted by molar-refractivity contribution is 7.21. The van der Waals surface area contributed by atoms with Gasteiger partial charge >= 0.3 is 0 Å². The van der Waals surface area contributed by atoms with E-state index in [4.69, 9.17) is 4.99 Å². The fraction of sp³-hybridized carbons (Fsp3) is 0.0682. The first-order valence-corrected chi connectivity index (χ1v) is 17.5. The van der Waals surface area contributed by atoms with E-state index in [1.807, 2.05) is 11.3 Å². The highest BCUT2D eigenvalue weighted by Crippen LogP contribution is 2.47. The third-order valence-electron chi connectivity index (χ3n) is 10.5. The fourth-order valence-corrected chi connectivity index (χ4v) is 9.70. The summed E-state index contributed by atoms with van der Waals surface area (Å²) in [7, 11) is 0. The summed E-state index contributed by atoms with van der Waals surface area (Å²) in [4.78, 5) is 7.06. The Balaban J connectivity index is 1.32. The van der Waals surface area contributed by atoms with Gasteiger partial charge in [-0.25, -0.2) is 4.99 Å². The third-order valence-corrected chi connectivity index (χ3v) is 11.7. The van der Waals surface area contributed by atoms with Gasteiger partial charge in [0.25, 0.3) is 0 Å².